The average Bonchev–Trinajstić information content (AvgIpc) is 3.59. The molecule has 40 heavy (non-hydrogen) atoms. The molecular formula is C24H20N8O6S2. The Bertz CT molecular complexity index is 1590. The minimum absolute atomic E-state index is 0.0632. The number of nitrogens with zero attached hydrogens (tertiary/aromatic N) is 5. The number of ether oxygens (including phenoxy) is 1. The number of amides is 2. The molecule has 16 heteroatoms. The van der Waals surface area contributed by atoms with E-state index in [1.807, 2.05) is 41.0 Å². The fraction of sp³-hybridized carbons (Fsp3) is 0.208. The van der Waals surface area contributed by atoms with Crippen molar-refractivity contribution >= 4 is 57.7 Å². The number of rotatable bonds is 7. The molecule has 0 aliphatic carbocycles. The minimum atomic E-state index is -1.50. The van der Waals surface area contributed by atoms with Gasteiger partial charge in [-0.15, -0.1) is 11.8 Å². The Morgan fingerprint density at radius 3 is 2.80 bits per heavy atom. The molecule has 2 aromatic heterocycles. The number of benzene rings is 1. The van der Waals surface area contributed by atoms with Gasteiger partial charge < -0.3 is 30.9 Å². The molecule has 1 aromatic carbocycles. The number of nitrogen functional groups attached to an aromatic ring is 1. The molecule has 0 spiro atoms. The Morgan fingerprint density at radius 1 is 1.30 bits per heavy atom. The number of pyridine rings is 1. The van der Waals surface area contributed by atoms with Crippen molar-refractivity contribution in [3.8, 4) is 5.75 Å². The van der Waals surface area contributed by atoms with Crippen molar-refractivity contribution in [2.75, 3.05) is 16.8 Å². The summed E-state index contributed by atoms with van der Waals surface area (Å²) in [7, 11) is 0. The second kappa shape index (κ2) is 10.1. The van der Waals surface area contributed by atoms with Gasteiger partial charge in [0.15, 0.2) is 5.13 Å². The number of nitrogens with two attached hydrogens (primary N) is 1. The van der Waals surface area contributed by atoms with E-state index in [-0.39, 0.29) is 29.0 Å². The van der Waals surface area contributed by atoms with Gasteiger partial charge in [-0.2, -0.15) is 9.36 Å². The Balaban J connectivity index is 1.21. The van der Waals surface area contributed by atoms with E-state index in [0.29, 0.717) is 17.1 Å². The van der Waals surface area contributed by atoms with Crippen LogP contribution in [0, 0.1) is 0 Å². The van der Waals surface area contributed by atoms with Gasteiger partial charge in [0.1, 0.15) is 18.0 Å². The third-order valence-corrected chi connectivity index (χ3v) is 8.39. The van der Waals surface area contributed by atoms with Crippen LogP contribution in [-0.4, -0.2) is 60.1 Å². The summed E-state index contributed by atoms with van der Waals surface area (Å²) in [5.74, 6) is -1.71. The highest BCUT2D eigenvalue weighted by Gasteiger charge is 2.53. The van der Waals surface area contributed by atoms with Crippen LogP contribution in [0.4, 0.5) is 10.9 Å². The van der Waals surface area contributed by atoms with Gasteiger partial charge in [0, 0.05) is 28.4 Å². The lowest BCUT2D eigenvalue weighted by Crippen LogP contribution is -2.71. The summed E-state index contributed by atoms with van der Waals surface area (Å²) in [6, 6.07) is 12.1. The van der Waals surface area contributed by atoms with Crippen LogP contribution in [0.3, 0.4) is 0 Å². The lowest BCUT2D eigenvalue weighted by molar-refractivity contribution is -0.674. The number of fused-ring (bicyclic) bond motifs is 2. The maximum absolute atomic E-state index is 13.1. The molecule has 5 N–H and O–H groups in total. The number of oxime groups is 1. The molecule has 14 nitrogen and oxygen atoms in total. The second-order valence-electron chi connectivity index (χ2n) is 8.91. The lowest BCUT2D eigenvalue weighted by Gasteiger charge is -2.50. The van der Waals surface area contributed by atoms with Gasteiger partial charge in [-0.05, 0) is 12.1 Å². The number of aliphatic carboxylic acids is 1. The van der Waals surface area contributed by atoms with Crippen molar-refractivity contribution < 1.29 is 34.0 Å². The smallest absolute Gasteiger partial charge is 0.321 e. The molecular weight excluding hydrogens is 560 g/mol. The van der Waals surface area contributed by atoms with Crippen molar-refractivity contribution in [3.63, 3.8) is 0 Å². The van der Waals surface area contributed by atoms with Crippen LogP contribution in [-0.2, 0) is 20.9 Å². The van der Waals surface area contributed by atoms with E-state index in [4.69, 9.17) is 10.5 Å². The molecule has 1 saturated heterocycles. The Hall–Kier alpha value is -4.70. The standard InChI is InChI=1S/C24H20N8O6S2/c25-24-27-17(30-40-24)14(29-37)19(33)26-15-21(34)32-16(23(35)36)12(10-39-22(15)32)9-31-8-4-7-13-18(31)28-20(38-13)11-5-2-1-3-6-11/h1-8,15,20,22H,9-10H2,(H5,25,26,27,30,33,35,36,37)/t15?,20?,22-/m1/s1. The zero-order chi connectivity index (χ0) is 28.0. The number of carbonyl (C=O) groups is 3. The van der Waals surface area contributed by atoms with Gasteiger partial charge in [-0.1, -0.05) is 35.5 Å². The van der Waals surface area contributed by atoms with Crippen LogP contribution in [0.25, 0.3) is 0 Å². The van der Waals surface area contributed by atoms with E-state index in [1.165, 1.54) is 11.8 Å². The first-order chi connectivity index (χ1) is 19.4. The topological polar surface area (TPSA) is 199 Å². The minimum Gasteiger partial charge on any atom is -0.543 e. The van der Waals surface area contributed by atoms with Gasteiger partial charge in [0.05, 0.1) is 17.9 Å². The van der Waals surface area contributed by atoms with E-state index in [1.54, 1.807) is 12.3 Å². The van der Waals surface area contributed by atoms with Crippen molar-refractivity contribution in [1.82, 2.24) is 19.6 Å². The van der Waals surface area contributed by atoms with Gasteiger partial charge >= 0.3 is 5.82 Å². The van der Waals surface area contributed by atoms with E-state index in [2.05, 4.69) is 25.1 Å². The quantitative estimate of drug-likeness (QED) is 0.0896. The fourth-order valence-electron chi connectivity index (χ4n) is 4.70. The van der Waals surface area contributed by atoms with E-state index in [9.17, 15) is 24.7 Å². The highest BCUT2D eigenvalue weighted by atomic mass is 32.2. The molecule has 3 aliphatic rings. The summed E-state index contributed by atoms with van der Waals surface area (Å²) in [4.78, 5) is 42.9. The van der Waals surface area contributed by atoms with Crippen molar-refractivity contribution in [2.24, 2.45) is 5.16 Å². The van der Waals surface area contributed by atoms with Gasteiger partial charge in [-0.3, -0.25) is 14.5 Å². The lowest BCUT2D eigenvalue weighted by atomic mass is 10.0. The highest BCUT2D eigenvalue weighted by molar-refractivity contribution is 8.00. The summed E-state index contributed by atoms with van der Waals surface area (Å²) in [5, 5.41) is 29.6. The average molecular weight is 581 g/mol. The molecule has 3 aromatic rings. The normalized spacial score (nSPS) is 21.6. The highest BCUT2D eigenvalue weighted by Crippen LogP contribution is 2.41. The SMILES string of the molecule is Nc1nc(C(=NO)C(=O)NC2C(=O)N3C(C(=O)[O-])=C(C[n+]4cccc5c4NC(c4ccccc4)O5)CS[C@H]23)ns1. The van der Waals surface area contributed by atoms with E-state index < -0.39 is 41.1 Å². The molecule has 0 bridgehead atoms. The van der Waals surface area contributed by atoms with Crippen LogP contribution < -0.4 is 30.8 Å². The largest absolute Gasteiger partial charge is 0.543 e. The van der Waals surface area contributed by atoms with Crippen LogP contribution in [0.1, 0.15) is 17.6 Å². The number of carboxylic acid groups (broad SMARTS) is 1. The zero-order valence-electron chi connectivity index (χ0n) is 20.4. The van der Waals surface area contributed by atoms with E-state index in [0.717, 1.165) is 22.0 Å². The molecule has 2 unspecified atom stereocenters. The number of hydrogen-bond acceptors (Lipinski definition) is 13. The zero-order valence-corrected chi connectivity index (χ0v) is 22.0. The van der Waals surface area contributed by atoms with Gasteiger partial charge in [0.2, 0.25) is 17.3 Å². The molecule has 5 heterocycles. The molecule has 3 atom stereocenters. The Morgan fingerprint density at radius 2 is 2.10 bits per heavy atom. The first-order valence-corrected chi connectivity index (χ1v) is 13.7. The predicted octanol–water partition coefficient (Wildman–Crippen LogP) is -0.807. The van der Waals surface area contributed by atoms with Crippen LogP contribution in [0.5, 0.6) is 5.75 Å². The summed E-state index contributed by atoms with van der Waals surface area (Å²) in [6.07, 6.45) is 1.38. The first kappa shape index (κ1) is 25.6. The predicted molar refractivity (Wildman–Crippen MR) is 140 cm³/mol. The first-order valence-electron chi connectivity index (χ1n) is 11.9. The number of aromatic nitrogens is 3. The number of carbonyl (C=O) groups excluding carboxylic acids is 3. The van der Waals surface area contributed by atoms with Crippen molar-refractivity contribution in [3.05, 3.63) is 71.3 Å². The van der Waals surface area contributed by atoms with Crippen LogP contribution >= 0.6 is 23.3 Å². The maximum Gasteiger partial charge on any atom is 0.321 e. The molecule has 1 fully saturated rings. The van der Waals surface area contributed by atoms with Crippen molar-refractivity contribution in [1.29, 1.82) is 0 Å². The number of anilines is 2. The molecule has 204 valence electrons. The number of carboxylic acids is 1. The third kappa shape index (κ3) is 4.36. The molecule has 6 rings (SSSR count). The summed E-state index contributed by atoms with van der Waals surface area (Å²) in [6.45, 7) is 0.156. The van der Waals surface area contributed by atoms with Crippen LogP contribution in [0.2, 0.25) is 0 Å². The summed E-state index contributed by atoms with van der Waals surface area (Å²) in [5.41, 5.74) is 6.16. The number of hydrogen-bond donors (Lipinski definition) is 4. The van der Waals surface area contributed by atoms with Crippen molar-refractivity contribution in [2.45, 2.75) is 24.2 Å². The monoisotopic (exact) mass is 580 g/mol. The molecule has 2 amide bonds. The van der Waals surface area contributed by atoms with Gasteiger partial charge in [-0.25, -0.2) is 9.88 Å². The third-order valence-electron chi connectivity index (χ3n) is 6.51. The van der Waals surface area contributed by atoms with E-state index >= 15 is 0 Å². The number of nitrogens with one attached hydrogen (secondary N) is 2. The Kier molecular flexibility index (Phi) is 6.47. The molecule has 0 saturated carbocycles. The Labute approximate surface area is 234 Å². The van der Waals surface area contributed by atoms with Crippen LogP contribution in [0.15, 0.2) is 65.1 Å². The number of thioether (sulfide) groups is 1. The summed E-state index contributed by atoms with van der Waals surface area (Å²) < 4.78 is 11.7. The fourth-order valence-corrected chi connectivity index (χ4v) is 6.47. The van der Waals surface area contributed by atoms with Gasteiger partial charge in [0.25, 0.3) is 18.0 Å². The molecule has 3 aliphatic heterocycles. The second-order valence-corrected chi connectivity index (χ2v) is 10.8. The number of β-lactam (4-membered cyclic amide) rings is 1. The summed E-state index contributed by atoms with van der Waals surface area (Å²) >= 11 is 2.10. The maximum atomic E-state index is 13.1. The molecule has 0 radical (unpaired) electrons.